The van der Waals surface area contributed by atoms with E-state index in [0.717, 1.165) is 11.1 Å². The Morgan fingerprint density at radius 3 is 2.51 bits per heavy atom. The van der Waals surface area contributed by atoms with E-state index in [1.807, 2.05) is 42.5 Å². The monoisotopic (exact) mass is 595 g/mol. The smallest absolute Gasteiger partial charge is 0.338 e. The van der Waals surface area contributed by atoms with E-state index in [2.05, 4.69) is 11.1 Å². The van der Waals surface area contributed by atoms with Gasteiger partial charge in [0.1, 0.15) is 29.9 Å². The molecule has 5 rings (SSSR count). The predicted molar refractivity (Wildman–Crippen MR) is 162 cm³/mol. The number of hydrogen-bond acceptors (Lipinski definition) is 9. The Morgan fingerprint density at radius 1 is 1.07 bits per heavy atom. The molecule has 3 aromatic carbocycles. The Hall–Kier alpha value is -5.14. The van der Waals surface area contributed by atoms with Crippen LogP contribution in [0.3, 0.4) is 0 Å². The van der Waals surface area contributed by atoms with Crippen molar-refractivity contribution in [2.75, 3.05) is 20.8 Å². The molecule has 0 N–H and O–H groups in total. The Balaban J connectivity index is 1.54. The zero-order valence-corrected chi connectivity index (χ0v) is 24.9. The minimum atomic E-state index is -0.838. The standard InChI is InChI=1S/C33H29N3O6S/c1-5-41-32(38)29-20(2)35-33-36(30(29)26-17-25(39-3)14-15-27(26)40-4)31(37)28(43-33)16-21-10-12-24(13-11-21)42-19-23-9-7-6-8-22(23)18-34/h6-17,30H,5,19H2,1-4H3/b28-16+/t30-/m1/s1. The van der Waals surface area contributed by atoms with E-state index in [-0.39, 0.29) is 24.3 Å². The molecule has 1 atom stereocenters. The number of rotatable bonds is 9. The topological polar surface area (TPSA) is 112 Å². The quantitative estimate of drug-likeness (QED) is 0.266. The fraction of sp³-hybridized carbons (Fsp3) is 0.212. The summed E-state index contributed by atoms with van der Waals surface area (Å²) in [5.74, 6) is 1.12. The second-order valence-corrected chi connectivity index (χ2v) is 10.5. The summed E-state index contributed by atoms with van der Waals surface area (Å²) in [6, 6.07) is 21.2. The van der Waals surface area contributed by atoms with Crippen LogP contribution in [0.5, 0.6) is 17.2 Å². The van der Waals surface area contributed by atoms with Gasteiger partial charge in [0.05, 0.1) is 48.3 Å². The molecule has 0 spiro atoms. The summed E-state index contributed by atoms with van der Waals surface area (Å²) in [6.07, 6.45) is 1.78. The van der Waals surface area contributed by atoms with E-state index in [4.69, 9.17) is 18.9 Å². The maximum Gasteiger partial charge on any atom is 0.338 e. The maximum absolute atomic E-state index is 14.0. The first-order valence-electron chi connectivity index (χ1n) is 13.5. The van der Waals surface area contributed by atoms with Crippen molar-refractivity contribution in [3.05, 3.63) is 120 Å². The molecule has 0 radical (unpaired) electrons. The minimum absolute atomic E-state index is 0.173. The molecule has 0 saturated heterocycles. The van der Waals surface area contributed by atoms with Crippen LogP contribution in [-0.4, -0.2) is 31.4 Å². The maximum atomic E-state index is 14.0. The highest BCUT2D eigenvalue weighted by Crippen LogP contribution is 2.37. The summed E-state index contributed by atoms with van der Waals surface area (Å²) >= 11 is 1.23. The molecule has 1 aliphatic rings. The Bertz CT molecular complexity index is 1930. The molecule has 10 heteroatoms. The van der Waals surface area contributed by atoms with Crippen LogP contribution in [0.25, 0.3) is 6.08 Å². The molecule has 43 heavy (non-hydrogen) atoms. The van der Waals surface area contributed by atoms with Crippen molar-refractivity contribution in [2.24, 2.45) is 4.99 Å². The SMILES string of the molecule is CCOC(=O)C1=C(C)N=c2s/c(=C/c3ccc(OCc4ccccc4C#N)cc3)c(=O)n2[C@@H]1c1cc(OC)ccc1OC. The van der Waals surface area contributed by atoms with Gasteiger partial charge in [-0.05, 0) is 61.9 Å². The number of fused-ring (bicyclic) bond motifs is 1. The molecule has 9 nitrogen and oxygen atoms in total. The van der Waals surface area contributed by atoms with E-state index >= 15 is 0 Å². The summed E-state index contributed by atoms with van der Waals surface area (Å²) in [6.45, 7) is 3.90. The number of esters is 1. The molecule has 0 amide bonds. The lowest BCUT2D eigenvalue weighted by atomic mass is 9.94. The van der Waals surface area contributed by atoms with Gasteiger partial charge in [0.2, 0.25) is 0 Å². The number of carbonyl (C=O) groups is 1. The molecular weight excluding hydrogens is 566 g/mol. The summed E-state index contributed by atoms with van der Waals surface area (Å²) in [5.41, 5.74) is 3.14. The zero-order chi connectivity index (χ0) is 30.5. The Morgan fingerprint density at radius 2 is 1.81 bits per heavy atom. The molecule has 0 bridgehead atoms. The van der Waals surface area contributed by atoms with Gasteiger partial charge in [0, 0.05) is 11.1 Å². The van der Waals surface area contributed by atoms with Gasteiger partial charge in [-0.1, -0.05) is 41.7 Å². The first-order valence-corrected chi connectivity index (χ1v) is 14.3. The van der Waals surface area contributed by atoms with Crippen molar-refractivity contribution in [2.45, 2.75) is 26.5 Å². The van der Waals surface area contributed by atoms with Crippen molar-refractivity contribution >= 4 is 23.4 Å². The molecule has 1 aliphatic heterocycles. The number of hydrogen-bond donors (Lipinski definition) is 0. The average Bonchev–Trinajstić information content (AvgIpc) is 3.33. The van der Waals surface area contributed by atoms with E-state index in [9.17, 15) is 14.9 Å². The number of nitriles is 1. The number of aromatic nitrogens is 1. The molecule has 1 aromatic heterocycles. The van der Waals surface area contributed by atoms with E-state index < -0.39 is 12.0 Å². The molecule has 0 aliphatic carbocycles. The lowest BCUT2D eigenvalue weighted by molar-refractivity contribution is -0.139. The third-order valence-corrected chi connectivity index (χ3v) is 7.94. The predicted octanol–water partition coefficient (Wildman–Crippen LogP) is 4.27. The van der Waals surface area contributed by atoms with Crippen LogP contribution < -0.4 is 29.1 Å². The second kappa shape index (κ2) is 12.8. The summed E-state index contributed by atoms with van der Waals surface area (Å²) in [7, 11) is 3.08. The van der Waals surface area contributed by atoms with Crippen LogP contribution in [0.4, 0.5) is 0 Å². The fourth-order valence-corrected chi connectivity index (χ4v) is 5.91. The molecule has 4 aromatic rings. The molecule has 218 valence electrons. The first-order chi connectivity index (χ1) is 20.9. The van der Waals surface area contributed by atoms with Gasteiger partial charge in [-0.2, -0.15) is 5.26 Å². The van der Waals surface area contributed by atoms with Crippen molar-refractivity contribution in [1.82, 2.24) is 4.57 Å². The van der Waals surface area contributed by atoms with E-state index in [1.165, 1.54) is 23.0 Å². The number of methoxy groups -OCH3 is 2. The number of benzene rings is 3. The van der Waals surface area contributed by atoms with Crippen LogP contribution in [0.2, 0.25) is 0 Å². The van der Waals surface area contributed by atoms with Gasteiger partial charge in [-0.15, -0.1) is 0 Å². The molecule has 2 heterocycles. The summed E-state index contributed by atoms with van der Waals surface area (Å²) in [5, 5.41) is 9.31. The molecule has 0 fully saturated rings. The van der Waals surface area contributed by atoms with Gasteiger partial charge in [-0.25, -0.2) is 9.79 Å². The van der Waals surface area contributed by atoms with Crippen LogP contribution in [0.1, 0.15) is 42.1 Å². The van der Waals surface area contributed by atoms with Gasteiger partial charge >= 0.3 is 5.97 Å². The average molecular weight is 596 g/mol. The lowest BCUT2D eigenvalue weighted by Crippen LogP contribution is -2.40. The van der Waals surface area contributed by atoms with Gasteiger partial charge in [0.25, 0.3) is 5.56 Å². The van der Waals surface area contributed by atoms with Crippen molar-refractivity contribution in [3.63, 3.8) is 0 Å². The summed E-state index contributed by atoms with van der Waals surface area (Å²) < 4.78 is 24.3. The van der Waals surface area contributed by atoms with Crippen LogP contribution in [0.15, 0.2) is 87.8 Å². The highest BCUT2D eigenvalue weighted by atomic mass is 32.1. The van der Waals surface area contributed by atoms with E-state index in [1.54, 1.807) is 51.3 Å². The number of carbonyl (C=O) groups excluding carboxylic acids is 1. The van der Waals surface area contributed by atoms with Gasteiger partial charge in [-0.3, -0.25) is 9.36 Å². The molecule has 0 unspecified atom stereocenters. The van der Waals surface area contributed by atoms with E-state index in [0.29, 0.717) is 43.4 Å². The number of thiazole rings is 1. The first kappa shape index (κ1) is 29.4. The molecular formula is C33H29N3O6S. The molecule has 0 saturated carbocycles. The van der Waals surface area contributed by atoms with Crippen LogP contribution >= 0.6 is 11.3 Å². The number of ether oxygens (including phenoxy) is 4. The largest absolute Gasteiger partial charge is 0.497 e. The summed E-state index contributed by atoms with van der Waals surface area (Å²) in [4.78, 5) is 32.3. The Kier molecular flexibility index (Phi) is 8.74. The van der Waals surface area contributed by atoms with Crippen molar-refractivity contribution in [3.8, 4) is 23.3 Å². The number of allylic oxidation sites excluding steroid dienone is 1. The fourth-order valence-electron chi connectivity index (χ4n) is 4.87. The third kappa shape index (κ3) is 5.94. The van der Waals surface area contributed by atoms with Crippen LogP contribution in [0, 0.1) is 11.3 Å². The van der Waals surface area contributed by atoms with Crippen molar-refractivity contribution < 1.29 is 23.7 Å². The van der Waals surface area contributed by atoms with Crippen LogP contribution in [-0.2, 0) is 16.1 Å². The van der Waals surface area contributed by atoms with Gasteiger partial charge < -0.3 is 18.9 Å². The highest BCUT2D eigenvalue weighted by Gasteiger charge is 2.35. The van der Waals surface area contributed by atoms with Crippen molar-refractivity contribution in [1.29, 1.82) is 5.26 Å². The normalized spacial score (nSPS) is 14.4. The zero-order valence-electron chi connectivity index (χ0n) is 24.1. The minimum Gasteiger partial charge on any atom is -0.497 e. The number of nitrogens with zero attached hydrogens (tertiary/aromatic N) is 3. The van der Waals surface area contributed by atoms with Gasteiger partial charge in [0.15, 0.2) is 4.80 Å². The Labute approximate surface area is 252 Å². The third-order valence-electron chi connectivity index (χ3n) is 6.96. The second-order valence-electron chi connectivity index (χ2n) is 9.54. The highest BCUT2D eigenvalue weighted by molar-refractivity contribution is 7.07. The lowest BCUT2D eigenvalue weighted by Gasteiger charge is -2.26.